The summed E-state index contributed by atoms with van der Waals surface area (Å²) in [6.45, 7) is 1.53. The van der Waals surface area contributed by atoms with Gasteiger partial charge in [0.05, 0.1) is 9.85 Å². The second-order valence-electron chi connectivity index (χ2n) is 4.16. The number of hydrogen-bond acceptors (Lipinski definition) is 0. The minimum absolute atomic E-state index is 0.261. The molecular weight excluding hydrogens is 401 g/mol. The molecule has 5 heteroatoms. The van der Waals surface area contributed by atoms with Gasteiger partial charge in [-0.2, -0.15) is 0 Å². The second-order valence-corrected chi connectivity index (χ2v) is 6.34. The first-order valence-electron chi connectivity index (χ1n) is 5.44. The Balaban J connectivity index is 2.46. The van der Waals surface area contributed by atoms with Gasteiger partial charge in [-0.25, -0.2) is 8.78 Å². The van der Waals surface area contributed by atoms with Crippen LogP contribution in [0, 0.1) is 18.6 Å². The number of benzene rings is 2. The van der Waals surface area contributed by atoms with Gasteiger partial charge in [0.25, 0.3) is 0 Å². The van der Waals surface area contributed by atoms with Crippen molar-refractivity contribution in [3.05, 3.63) is 68.2 Å². The lowest BCUT2D eigenvalue weighted by molar-refractivity contribution is 0.581. The van der Waals surface area contributed by atoms with Gasteiger partial charge in [-0.3, -0.25) is 0 Å². The van der Waals surface area contributed by atoms with E-state index >= 15 is 0 Å². The Hall–Kier alpha value is -0.450. The van der Waals surface area contributed by atoms with E-state index in [0.29, 0.717) is 15.1 Å². The Morgan fingerprint density at radius 2 is 1.79 bits per heavy atom. The fraction of sp³-hybridized carbons (Fsp3) is 0.143. The quantitative estimate of drug-likeness (QED) is 0.519. The van der Waals surface area contributed by atoms with Crippen LogP contribution < -0.4 is 0 Å². The zero-order valence-corrected chi connectivity index (χ0v) is 13.8. The molecule has 100 valence electrons. The minimum atomic E-state index is -0.438. The third-order valence-corrected chi connectivity index (χ3v) is 5.02. The van der Waals surface area contributed by atoms with Crippen molar-refractivity contribution in [3.8, 4) is 0 Å². The van der Waals surface area contributed by atoms with Gasteiger partial charge in [0, 0.05) is 10.0 Å². The van der Waals surface area contributed by atoms with Crippen LogP contribution in [0.4, 0.5) is 8.78 Å². The van der Waals surface area contributed by atoms with E-state index in [1.54, 1.807) is 18.2 Å². The van der Waals surface area contributed by atoms with Crippen molar-refractivity contribution in [2.24, 2.45) is 0 Å². The Morgan fingerprint density at radius 1 is 1.11 bits per heavy atom. The molecular formula is C14H9Br2ClF2. The summed E-state index contributed by atoms with van der Waals surface area (Å²) in [6, 6.07) is 7.66. The zero-order chi connectivity index (χ0) is 14.2. The van der Waals surface area contributed by atoms with Crippen LogP contribution in [-0.2, 0) is 0 Å². The van der Waals surface area contributed by atoms with Gasteiger partial charge < -0.3 is 0 Å². The van der Waals surface area contributed by atoms with Crippen molar-refractivity contribution >= 4 is 43.5 Å². The van der Waals surface area contributed by atoms with Crippen LogP contribution in [0.25, 0.3) is 0 Å². The number of rotatable bonds is 2. The van der Waals surface area contributed by atoms with Gasteiger partial charge in [0.15, 0.2) is 0 Å². The first kappa shape index (κ1) is 14.9. The molecule has 1 unspecified atom stereocenters. The Labute approximate surface area is 132 Å². The van der Waals surface area contributed by atoms with Crippen molar-refractivity contribution in [1.29, 1.82) is 0 Å². The summed E-state index contributed by atoms with van der Waals surface area (Å²) in [5.41, 5.74) is 1.34. The monoisotopic (exact) mass is 408 g/mol. The molecule has 0 nitrogen and oxygen atoms in total. The lowest BCUT2D eigenvalue weighted by Gasteiger charge is -2.13. The number of halogens is 5. The van der Waals surface area contributed by atoms with Crippen LogP contribution in [-0.4, -0.2) is 0 Å². The van der Waals surface area contributed by atoms with Crippen LogP contribution in [0.1, 0.15) is 21.5 Å². The summed E-state index contributed by atoms with van der Waals surface area (Å²) in [4.78, 5) is -0.434. The van der Waals surface area contributed by atoms with Gasteiger partial charge in [0.1, 0.15) is 11.6 Å². The van der Waals surface area contributed by atoms with Crippen molar-refractivity contribution in [1.82, 2.24) is 0 Å². The lowest BCUT2D eigenvalue weighted by Crippen LogP contribution is -1.99. The highest BCUT2D eigenvalue weighted by molar-refractivity contribution is 9.10. The van der Waals surface area contributed by atoms with E-state index < -0.39 is 16.5 Å². The smallest absolute Gasteiger partial charge is 0.128 e. The van der Waals surface area contributed by atoms with E-state index in [1.165, 1.54) is 19.1 Å². The molecule has 0 heterocycles. The van der Waals surface area contributed by atoms with E-state index in [0.717, 1.165) is 5.56 Å². The summed E-state index contributed by atoms with van der Waals surface area (Å²) >= 11 is 12.6. The molecule has 0 aromatic heterocycles. The topological polar surface area (TPSA) is 0 Å². The minimum Gasteiger partial charge on any atom is -0.207 e. The molecule has 0 aliphatic heterocycles. The molecule has 0 saturated heterocycles. The Morgan fingerprint density at radius 3 is 2.42 bits per heavy atom. The fourth-order valence-corrected chi connectivity index (χ4v) is 2.86. The first-order valence-corrected chi connectivity index (χ1v) is 7.53. The SMILES string of the molecule is Cc1cc(F)c(C(Br)c2ccc(Cl)c(Br)c2)cc1F. The maximum atomic E-state index is 13.9. The molecule has 2 aromatic rings. The highest BCUT2D eigenvalue weighted by atomic mass is 79.9. The largest absolute Gasteiger partial charge is 0.207 e. The van der Waals surface area contributed by atoms with Gasteiger partial charge in [-0.15, -0.1) is 0 Å². The van der Waals surface area contributed by atoms with Gasteiger partial charge in [-0.1, -0.05) is 33.6 Å². The standard InChI is InChI=1S/C14H9Br2ClF2/c1-7-4-13(19)9(6-12(7)18)14(16)8-2-3-11(17)10(15)5-8/h2-6,14H,1H3. The molecule has 0 amide bonds. The normalized spacial score (nSPS) is 12.5. The number of alkyl halides is 1. The first-order chi connectivity index (χ1) is 8.90. The second kappa shape index (κ2) is 5.90. The molecule has 0 bridgehead atoms. The van der Waals surface area contributed by atoms with Crippen LogP contribution in [0.15, 0.2) is 34.8 Å². The maximum absolute atomic E-state index is 13.9. The summed E-state index contributed by atoms with van der Waals surface area (Å²) in [5.74, 6) is -0.860. The van der Waals surface area contributed by atoms with Gasteiger partial charge >= 0.3 is 0 Å². The average Bonchev–Trinajstić information content (AvgIpc) is 2.36. The highest BCUT2D eigenvalue weighted by Crippen LogP contribution is 2.36. The molecule has 0 aliphatic rings. The van der Waals surface area contributed by atoms with Crippen molar-refractivity contribution in [2.75, 3.05) is 0 Å². The van der Waals surface area contributed by atoms with E-state index in [2.05, 4.69) is 31.9 Å². The van der Waals surface area contributed by atoms with Crippen molar-refractivity contribution < 1.29 is 8.78 Å². The number of aryl methyl sites for hydroxylation is 1. The summed E-state index contributed by atoms with van der Waals surface area (Å²) in [7, 11) is 0. The average molecular weight is 410 g/mol. The predicted octanol–water partition coefficient (Wildman–Crippen LogP) is 6.17. The molecule has 2 rings (SSSR count). The third kappa shape index (κ3) is 3.18. The van der Waals surface area contributed by atoms with Crippen molar-refractivity contribution in [3.63, 3.8) is 0 Å². The molecule has 1 atom stereocenters. The van der Waals surface area contributed by atoms with Crippen LogP contribution in [0.3, 0.4) is 0 Å². The Kier molecular flexibility index (Phi) is 4.64. The molecule has 0 fully saturated rings. The zero-order valence-electron chi connectivity index (χ0n) is 9.85. The summed E-state index contributed by atoms with van der Waals surface area (Å²) in [6.07, 6.45) is 0. The fourth-order valence-electron chi connectivity index (χ4n) is 1.71. The molecule has 0 N–H and O–H groups in total. The molecule has 19 heavy (non-hydrogen) atoms. The van der Waals surface area contributed by atoms with E-state index in [1.807, 2.05) is 0 Å². The summed E-state index contributed by atoms with van der Waals surface area (Å²) < 4.78 is 28.2. The Bertz CT molecular complexity index is 629. The molecule has 0 aliphatic carbocycles. The third-order valence-electron chi connectivity index (χ3n) is 2.79. The lowest BCUT2D eigenvalue weighted by atomic mass is 10.0. The molecule has 0 radical (unpaired) electrons. The summed E-state index contributed by atoms with van der Waals surface area (Å²) in [5, 5.41) is 0.569. The molecule has 2 aromatic carbocycles. The van der Waals surface area contributed by atoms with Crippen LogP contribution in [0.2, 0.25) is 5.02 Å². The van der Waals surface area contributed by atoms with Crippen LogP contribution in [0.5, 0.6) is 0 Å². The molecule has 0 spiro atoms. The van der Waals surface area contributed by atoms with E-state index in [4.69, 9.17) is 11.6 Å². The van der Waals surface area contributed by atoms with Gasteiger partial charge in [-0.05, 0) is 58.2 Å². The molecule has 0 saturated carbocycles. The van der Waals surface area contributed by atoms with Crippen molar-refractivity contribution in [2.45, 2.75) is 11.8 Å². The van der Waals surface area contributed by atoms with E-state index in [9.17, 15) is 8.78 Å². The number of hydrogen-bond donors (Lipinski definition) is 0. The van der Waals surface area contributed by atoms with Crippen LogP contribution >= 0.6 is 43.5 Å². The predicted molar refractivity (Wildman–Crippen MR) is 81.0 cm³/mol. The maximum Gasteiger partial charge on any atom is 0.128 e. The highest BCUT2D eigenvalue weighted by Gasteiger charge is 2.17. The van der Waals surface area contributed by atoms with E-state index in [-0.39, 0.29) is 5.56 Å². The van der Waals surface area contributed by atoms with Gasteiger partial charge in [0.2, 0.25) is 0 Å².